The Kier molecular flexibility index (Phi) is 4.88. The Balaban J connectivity index is 2.09. The van der Waals surface area contributed by atoms with Crippen LogP contribution in [0.15, 0.2) is 89.8 Å². The molecule has 0 aliphatic rings. The molecule has 0 heterocycles. The zero-order valence-corrected chi connectivity index (χ0v) is 14.4. The van der Waals surface area contributed by atoms with Gasteiger partial charge >= 0.3 is 0 Å². The number of rotatable bonds is 5. The maximum atomic E-state index is 13.2. The minimum Gasteiger partial charge on any atom is -0.262 e. The molecule has 0 aromatic heterocycles. The van der Waals surface area contributed by atoms with Crippen molar-refractivity contribution in [2.24, 2.45) is 0 Å². The standard InChI is InChI=1S/C19H16ClNO2S/c20-18-13-7-8-14-19(18)24(22,23)21(17-11-5-2-6-12-17)15-16-9-3-1-4-10-16/h1-14H,15H2. The number of anilines is 1. The molecular formula is C19H16ClNO2S. The van der Waals surface area contributed by atoms with Crippen molar-refractivity contribution in [1.29, 1.82) is 0 Å². The third-order valence-corrected chi connectivity index (χ3v) is 5.89. The van der Waals surface area contributed by atoms with E-state index in [1.165, 1.54) is 10.4 Å². The van der Waals surface area contributed by atoms with E-state index < -0.39 is 10.0 Å². The van der Waals surface area contributed by atoms with Gasteiger partial charge in [0.05, 0.1) is 17.3 Å². The molecule has 3 rings (SSSR count). The van der Waals surface area contributed by atoms with E-state index >= 15 is 0 Å². The second-order valence-electron chi connectivity index (χ2n) is 5.26. The summed E-state index contributed by atoms with van der Waals surface area (Å²) in [6.45, 7) is 0.235. The van der Waals surface area contributed by atoms with Gasteiger partial charge in [-0.15, -0.1) is 0 Å². The molecule has 0 fully saturated rings. The highest BCUT2D eigenvalue weighted by atomic mass is 35.5. The third kappa shape index (κ3) is 3.45. The van der Waals surface area contributed by atoms with Crippen LogP contribution in [0.25, 0.3) is 0 Å². The van der Waals surface area contributed by atoms with Crippen LogP contribution in [-0.4, -0.2) is 8.42 Å². The first-order chi connectivity index (χ1) is 11.6. The minimum atomic E-state index is -3.78. The van der Waals surface area contributed by atoms with Crippen molar-refractivity contribution in [3.05, 3.63) is 95.5 Å². The molecule has 0 spiro atoms. The normalized spacial score (nSPS) is 11.2. The summed E-state index contributed by atoms with van der Waals surface area (Å²) in [5.41, 5.74) is 1.50. The van der Waals surface area contributed by atoms with Crippen molar-refractivity contribution in [3.63, 3.8) is 0 Å². The molecule has 5 heteroatoms. The molecule has 3 nitrogen and oxygen atoms in total. The van der Waals surface area contributed by atoms with E-state index in [2.05, 4.69) is 0 Å². The summed E-state index contributed by atoms with van der Waals surface area (Å²) in [6, 6.07) is 25.0. The first-order valence-corrected chi connectivity index (χ1v) is 9.27. The van der Waals surface area contributed by atoms with Gasteiger partial charge in [0.25, 0.3) is 10.0 Å². The molecule has 3 aromatic rings. The molecule has 0 bridgehead atoms. The number of hydrogen-bond acceptors (Lipinski definition) is 2. The van der Waals surface area contributed by atoms with Gasteiger partial charge in [-0.3, -0.25) is 4.31 Å². The van der Waals surface area contributed by atoms with Gasteiger partial charge < -0.3 is 0 Å². The van der Waals surface area contributed by atoms with Crippen molar-refractivity contribution in [1.82, 2.24) is 0 Å². The monoisotopic (exact) mass is 357 g/mol. The SMILES string of the molecule is O=S(=O)(c1ccccc1Cl)N(Cc1ccccc1)c1ccccc1. The lowest BCUT2D eigenvalue weighted by Gasteiger charge is -2.25. The van der Waals surface area contributed by atoms with Gasteiger partial charge in [0, 0.05) is 0 Å². The number of sulfonamides is 1. The van der Waals surface area contributed by atoms with Crippen molar-refractivity contribution in [2.45, 2.75) is 11.4 Å². The van der Waals surface area contributed by atoms with Crippen molar-refractivity contribution in [2.75, 3.05) is 4.31 Å². The van der Waals surface area contributed by atoms with Gasteiger partial charge in [-0.1, -0.05) is 72.3 Å². The van der Waals surface area contributed by atoms with Gasteiger partial charge in [-0.2, -0.15) is 0 Å². The van der Waals surface area contributed by atoms with Crippen LogP contribution in [0.3, 0.4) is 0 Å². The molecule has 0 N–H and O–H groups in total. The second kappa shape index (κ2) is 7.07. The van der Waals surface area contributed by atoms with E-state index in [1.807, 2.05) is 48.5 Å². The predicted molar refractivity (Wildman–Crippen MR) is 97.7 cm³/mol. The van der Waals surface area contributed by atoms with Crippen LogP contribution in [0, 0.1) is 0 Å². The van der Waals surface area contributed by atoms with Gasteiger partial charge in [-0.05, 0) is 29.8 Å². The first kappa shape index (κ1) is 16.6. The number of nitrogens with zero attached hydrogens (tertiary/aromatic N) is 1. The number of para-hydroxylation sites is 1. The third-order valence-electron chi connectivity index (χ3n) is 3.62. The zero-order valence-electron chi connectivity index (χ0n) is 12.8. The molecule has 24 heavy (non-hydrogen) atoms. The summed E-state index contributed by atoms with van der Waals surface area (Å²) in [5, 5.41) is 0.214. The number of benzene rings is 3. The minimum absolute atomic E-state index is 0.103. The van der Waals surface area contributed by atoms with Crippen LogP contribution >= 0.6 is 11.6 Å². The summed E-state index contributed by atoms with van der Waals surface area (Å²) in [5.74, 6) is 0. The molecule has 0 amide bonds. The highest BCUT2D eigenvalue weighted by molar-refractivity contribution is 7.93. The fourth-order valence-electron chi connectivity index (χ4n) is 2.43. The zero-order chi connectivity index (χ0) is 17.0. The second-order valence-corrected chi connectivity index (χ2v) is 7.50. The molecule has 3 aromatic carbocycles. The van der Waals surface area contributed by atoms with Crippen LogP contribution in [0.4, 0.5) is 5.69 Å². The topological polar surface area (TPSA) is 37.4 Å². The Hall–Kier alpha value is -2.30. The fourth-order valence-corrected chi connectivity index (χ4v) is 4.38. The largest absolute Gasteiger partial charge is 0.266 e. The Morgan fingerprint density at radius 3 is 1.92 bits per heavy atom. The smallest absolute Gasteiger partial charge is 0.262 e. The fraction of sp³-hybridized carbons (Fsp3) is 0.0526. The van der Waals surface area contributed by atoms with Gasteiger partial charge in [-0.25, -0.2) is 8.42 Å². The molecule has 0 atom stereocenters. The van der Waals surface area contributed by atoms with Gasteiger partial charge in [0.1, 0.15) is 4.90 Å². The van der Waals surface area contributed by atoms with Crippen LogP contribution in [0.1, 0.15) is 5.56 Å². The van der Waals surface area contributed by atoms with Gasteiger partial charge in [0.2, 0.25) is 0 Å². The van der Waals surface area contributed by atoms with Crippen molar-refractivity contribution < 1.29 is 8.42 Å². The Bertz CT molecular complexity index is 912. The molecule has 0 radical (unpaired) electrons. The first-order valence-electron chi connectivity index (χ1n) is 7.45. The van der Waals surface area contributed by atoms with E-state index in [0.717, 1.165) is 5.56 Å². The lowest BCUT2D eigenvalue weighted by Crippen LogP contribution is -2.30. The van der Waals surface area contributed by atoms with E-state index in [-0.39, 0.29) is 16.5 Å². The van der Waals surface area contributed by atoms with E-state index in [1.54, 1.807) is 30.3 Å². The summed E-state index contributed by atoms with van der Waals surface area (Å²) < 4.78 is 27.8. The average molecular weight is 358 g/mol. The molecule has 0 saturated carbocycles. The summed E-state index contributed by atoms with van der Waals surface area (Å²) in [7, 11) is -3.78. The Morgan fingerprint density at radius 1 is 0.750 bits per heavy atom. The molecule has 0 aliphatic heterocycles. The lowest BCUT2D eigenvalue weighted by atomic mass is 10.2. The number of hydrogen-bond donors (Lipinski definition) is 0. The molecule has 0 saturated heterocycles. The Labute approximate surface area is 147 Å². The highest BCUT2D eigenvalue weighted by Gasteiger charge is 2.27. The van der Waals surface area contributed by atoms with Crippen LogP contribution in [-0.2, 0) is 16.6 Å². The van der Waals surface area contributed by atoms with Crippen molar-refractivity contribution in [3.8, 4) is 0 Å². The maximum Gasteiger partial charge on any atom is 0.266 e. The van der Waals surface area contributed by atoms with E-state index in [0.29, 0.717) is 5.69 Å². The van der Waals surface area contributed by atoms with E-state index in [4.69, 9.17) is 11.6 Å². The number of halogens is 1. The molecule has 0 aliphatic carbocycles. The predicted octanol–water partition coefficient (Wildman–Crippen LogP) is 4.74. The summed E-state index contributed by atoms with van der Waals surface area (Å²) in [6.07, 6.45) is 0. The van der Waals surface area contributed by atoms with Gasteiger partial charge in [0.15, 0.2) is 0 Å². The summed E-state index contributed by atoms with van der Waals surface area (Å²) >= 11 is 6.14. The Morgan fingerprint density at radius 2 is 1.29 bits per heavy atom. The molecular weight excluding hydrogens is 342 g/mol. The summed E-state index contributed by atoms with van der Waals surface area (Å²) in [4.78, 5) is 0.103. The van der Waals surface area contributed by atoms with E-state index in [9.17, 15) is 8.42 Å². The van der Waals surface area contributed by atoms with Crippen LogP contribution < -0.4 is 4.31 Å². The molecule has 0 unspecified atom stereocenters. The lowest BCUT2D eigenvalue weighted by molar-refractivity contribution is 0.590. The van der Waals surface area contributed by atoms with Crippen LogP contribution in [0.5, 0.6) is 0 Å². The highest BCUT2D eigenvalue weighted by Crippen LogP contribution is 2.29. The van der Waals surface area contributed by atoms with Crippen molar-refractivity contribution >= 4 is 27.3 Å². The maximum absolute atomic E-state index is 13.2. The van der Waals surface area contributed by atoms with Crippen LogP contribution in [0.2, 0.25) is 5.02 Å². The molecule has 122 valence electrons. The quantitative estimate of drug-likeness (QED) is 0.661. The average Bonchev–Trinajstić information content (AvgIpc) is 2.61.